The molecule has 4 rings (SSSR count). The second-order valence-electron chi connectivity index (χ2n) is 4.92. The predicted molar refractivity (Wildman–Crippen MR) is 81.3 cm³/mol. The number of nitriles is 1. The molecule has 0 spiro atoms. The number of benzene rings is 2. The van der Waals surface area contributed by atoms with Gasteiger partial charge in [-0.1, -0.05) is 30.3 Å². The summed E-state index contributed by atoms with van der Waals surface area (Å²) < 4.78 is 0. The van der Waals surface area contributed by atoms with Crippen LogP contribution in [0.4, 0.5) is 0 Å². The van der Waals surface area contributed by atoms with E-state index in [1.54, 1.807) is 6.07 Å². The van der Waals surface area contributed by atoms with Crippen LogP contribution in [-0.4, -0.2) is 10.1 Å². The van der Waals surface area contributed by atoms with Gasteiger partial charge in [0, 0.05) is 10.8 Å². The standard InChI is InChI=1S/C17H10N4O/c18-9-12(16-19-13-7-3-4-8-14(13)20-16)15-10-5-1-2-6-11(10)17(22)21-15/h1-8,21-22H. The Hall–Kier alpha value is -3.39. The third-order valence-corrected chi connectivity index (χ3v) is 3.61. The number of hydrogen-bond donors (Lipinski definition) is 2. The molecule has 2 aromatic carbocycles. The van der Waals surface area contributed by atoms with Gasteiger partial charge < -0.3 is 10.1 Å². The lowest BCUT2D eigenvalue weighted by molar-refractivity contribution is 0.462. The van der Waals surface area contributed by atoms with E-state index in [2.05, 4.69) is 21.0 Å². The molecule has 0 aliphatic carbocycles. The van der Waals surface area contributed by atoms with Crippen LogP contribution in [0, 0.1) is 11.3 Å². The van der Waals surface area contributed by atoms with Crippen molar-refractivity contribution >= 4 is 16.3 Å². The number of fused-ring (bicyclic) bond motifs is 2. The summed E-state index contributed by atoms with van der Waals surface area (Å²) in [6, 6.07) is 16.9. The van der Waals surface area contributed by atoms with E-state index >= 15 is 0 Å². The van der Waals surface area contributed by atoms with Crippen LogP contribution in [0.5, 0.6) is 5.88 Å². The van der Waals surface area contributed by atoms with E-state index in [-0.39, 0.29) is 5.88 Å². The first-order valence-electron chi connectivity index (χ1n) is 6.75. The molecule has 0 fully saturated rings. The van der Waals surface area contributed by atoms with Crippen molar-refractivity contribution in [2.75, 3.05) is 0 Å². The van der Waals surface area contributed by atoms with Crippen LogP contribution in [0.1, 0.15) is 5.69 Å². The number of hydrogen-bond acceptors (Lipinski definition) is 4. The molecule has 0 saturated carbocycles. The quantitative estimate of drug-likeness (QED) is 0.671. The lowest BCUT2D eigenvalue weighted by Crippen LogP contribution is -2.19. The number of nitrogens with one attached hydrogen (secondary N) is 1. The van der Waals surface area contributed by atoms with Gasteiger partial charge in [0.25, 0.3) is 0 Å². The summed E-state index contributed by atoms with van der Waals surface area (Å²) in [5.41, 5.74) is 0.846. The molecule has 0 unspecified atom stereocenters. The molecular weight excluding hydrogens is 276 g/mol. The summed E-state index contributed by atoms with van der Waals surface area (Å²) in [5, 5.41) is 22.5. The lowest BCUT2D eigenvalue weighted by atomic mass is 10.1. The van der Waals surface area contributed by atoms with E-state index in [0.717, 1.165) is 16.1 Å². The van der Waals surface area contributed by atoms with Gasteiger partial charge in [-0.2, -0.15) is 5.26 Å². The summed E-state index contributed by atoms with van der Waals surface area (Å²) >= 11 is 0. The summed E-state index contributed by atoms with van der Waals surface area (Å²) in [5.74, 6) is 0.394. The van der Waals surface area contributed by atoms with Crippen LogP contribution in [0.3, 0.4) is 0 Å². The SMILES string of the molecule is N#CC(=C1N=c2ccccc2=N1)c1[nH]c(O)c2ccccc12. The van der Waals surface area contributed by atoms with Crippen molar-refractivity contribution in [1.29, 1.82) is 5.26 Å². The van der Waals surface area contributed by atoms with Crippen molar-refractivity contribution in [1.82, 2.24) is 4.98 Å². The Morgan fingerprint density at radius 3 is 2.18 bits per heavy atom. The van der Waals surface area contributed by atoms with Gasteiger partial charge in [0.15, 0.2) is 11.7 Å². The first kappa shape index (κ1) is 12.4. The van der Waals surface area contributed by atoms with Gasteiger partial charge in [-0.05, 0) is 18.2 Å². The Morgan fingerprint density at radius 1 is 0.955 bits per heavy atom. The normalized spacial score (nSPS) is 12.4. The van der Waals surface area contributed by atoms with Crippen molar-refractivity contribution < 1.29 is 5.11 Å². The highest BCUT2D eigenvalue weighted by atomic mass is 16.3. The first-order valence-corrected chi connectivity index (χ1v) is 6.75. The highest BCUT2D eigenvalue weighted by Crippen LogP contribution is 2.32. The largest absolute Gasteiger partial charge is 0.494 e. The van der Waals surface area contributed by atoms with Gasteiger partial charge in [0.1, 0.15) is 11.6 Å². The van der Waals surface area contributed by atoms with Gasteiger partial charge in [-0.3, -0.25) is 0 Å². The maximum atomic E-state index is 10.0. The Labute approximate surface area is 125 Å². The predicted octanol–water partition coefficient (Wildman–Crippen LogP) is 2.02. The molecule has 1 aromatic heterocycles. The highest BCUT2D eigenvalue weighted by Gasteiger charge is 2.17. The van der Waals surface area contributed by atoms with Gasteiger partial charge in [0.2, 0.25) is 0 Å². The van der Waals surface area contributed by atoms with Gasteiger partial charge in [-0.15, -0.1) is 0 Å². The molecule has 0 atom stereocenters. The van der Waals surface area contributed by atoms with Crippen LogP contribution in [-0.2, 0) is 0 Å². The number of para-hydroxylation sites is 2. The lowest BCUT2D eigenvalue weighted by Gasteiger charge is -1.98. The fraction of sp³-hybridized carbons (Fsp3) is 0. The van der Waals surface area contributed by atoms with E-state index in [4.69, 9.17) is 0 Å². The minimum atomic E-state index is 0.0365. The van der Waals surface area contributed by atoms with Crippen LogP contribution >= 0.6 is 0 Å². The summed E-state index contributed by atoms with van der Waals surface area (Å²) in [7, 11) is 0. The number of nitrogens with zero attached hydrogens (tertiary/aromatic N) is 3. The van der Waals surface area contributed by atoms with Crippen molar-refractivity contribution in [3.05, 3.63) is 70.8 Å². The van der Waals surface area contributed by atoms with E-state index < -0.39 is 0 Å². The van der Waals surface area contributed by atoms with Crippen molar-refractivity contribution in [2.45, 2.75) is 0 Å². The van der Waals surface area contributed by atoms with Gasteiger partial charge in [-0.25, -0.2) is 9.98 Å². The molecule has 3 aromatic rings. The average molecular weight is 286 g/mol. The topological polar surface area (TPSA) is 84.5 Å². The van der Waals surface area contributed by atoms with Crippen LogP contribution in [0.25, 0.3) is 16.3 Å². The van der Waals surface area contributed by atoms with Crippen LogP contribution in [0.15, 0.2) is 64.3 Å². The molecule has 0 radical (unpaired) electrons. The molecule has 5 heteroatoms. The molecule has 0 bridgehead atoms. The molecule has 1 aliphatic rings. The second kappa shape index (κ2) is 4.57. The number of rotatable bonds is 1. The Bertz CT molecular complexity index is 1060. The van der Waals surface area contributed by atoms with E-state index in [0.29, 0.717) is 22.5 Å². The molecule has 1 aliphatic heterocycles. The molecule has 0 amide bonds. The van der Waals surface area contributed by atoms with E-state index in [9.17, 15) is 10.4 Å². The fourth-order valence-electron chi connectivity index (χ4n) is 2.59. The minimum absolute atomic E-state index is 0.0365. The zero-order valence-corrected chi connectivity index (χ0v) is 11.4. The molecule has 104 valence electrons. The number of aromatic hydroxyl groups is 1. The summed E-state index contributed by atoms with van der Waals surface area (Å²) in [6.45, 7) is 0. The monoisotopic (exact) mass is 286 g/mol. The molecule has 2 N–H and O–H groups in total. The van der Waals surface area contributed by atoms with E-state index in [1.807, 2.05) is 42.5 Å². The zero-order valence-electron chi connectivity index (χ0n) is 11.4. The van der Waals surface area contributed by atoms with Crippen molar-refractivity contribution in [3.8, 4) is 11.9 Å². The van der Waals surface area contributed by atoms with Crippen molar-refractivity contribution in [3.63, 3.8) is 0 Å². The number of H-pyrrole nitrogens is 1. The zero-order chi connectivity index (χ0) is 15.1. The molecule has 2 heterocycles. The van der Waals surface area contributed by atoms with Gasteiger partial charge >= 0.3 is 0 Å². The molecule has 5 nitrogen and oxygen atoms in total. The Kier molecular flexibility index (Phi) is 2.57. The third-order valence-electron chi connectivity index (χ3n) is 3.61. The smallest absolute Gasteiger partial charge is 0.196 e. The minimum Gasteiger partial charge on any atom is -0.494 e. The third kappa shape index (κ3) is 1.71. The first-order chi connectivity index (χ1) is 10.8. The number of aromatic nitrogens is 1. The highest BCUT2D eigenvalue weighted by molar-refractivity contribution is 5.99. The van der Waals surface area contributed by atoms with Crippen molar-refractivity contribution in [2.24, 2.45) is 9.98 Å². The fourth-order valence-corrected chi connectivity index (χ4v) is 2.59. The van der Waals surface area contributed by atoms with Crippen LogP contribution in [0.2, 0.25) is 0 Å². The maximum Gasteiger partial charge on any atom is 0.196 e. The maximum absolute atomic E-state index is 10.0. The molecular formula is C17H10N4O. The van der Waals surface area contributed by atoms with E-state index in [1.165, 1.54) is 0 Å². The van der Waals surface area contributed by atoms with Crippen LogP contribution < -0.4 is 10.7 Å². The summed E-state index contributed by atoms with van der Waals surface area (Å²) in [4.78, 5) is 11.7. The Balaban J connectivity index is 2.03. The Morgan fingerprint density at radius 2 is 1.55 bits per heavy atom. The molecule has 0 saturated heterocycles. The number of aromatic amines is 1. The number of allylic oxidation sites excluding steroid dienone is 1. The average Bonchev–Trinajstić information content (AvgIpc) is 3.11. The molecule has 22 heavy (non-hydrogen) atoms. The summed E-state index contributed by atoms with van der Waals surface area (Å²) in [6.07, 6.45) is 0. The van der Waals surface area contributed by atoms with Gasteiger partial charge in [0.05, 0.1) is 16.4 Å². The second-order valence-corrected chi connectivity index (χ2v) is 4.92.